The van der Waals surface area contributed by atoms with Crippen molar-refractivity contribution >= 4 is 5.78 Å². The van der Waals surface area contributed by atoms with Crippen molar-refractivity contribution < 1.29 is 9.53 Å². The van der Waals surface area contributed by atoms with E-state index in [0.29, 0.717) is 6.42 Å². The zero-order valence-electron chi connectivity index (χ0n) is 11.2. The molecule has 0 aromatic carbocycles. The molecule has 1 rings (SSSR count). The highest BCUT2D eigenvalue weighted by Gasteiger charge is 2.11. The summed E-state index contributed by atoms with van der Waals surface area (Å²) in [6.45, 7) is 8.94. The fourth-order valence-corrected chi connectivity index (χ4v) is 1.62. The molecule has 0 amide bonds. The van der Waals surface area contributed by atoms with Crippen LogP contribution in [0.3, 0.4) is 0 Å². The topological polar surface area (TPSA) is 44.1 Å². The molecule has 0 spiro atoms. The molecule has 17 heavy (non-hydrogen) atoms. The van der Waals surface area contributed by atoms with Gasteiger partial charge in [-0.2, -0.15) is 5.10 Å². The first-order valence-corrected chi connectivity index (χ1v) is 6.25. The maximum atomic E-state index is 11.7. The number of Topliss-reactive ketones (excluding diaryl/α,β-unsaturated/α-hetero) is 1. The highest BCUT2D eigenvalue weighted by atomic mass is 16.5. The molecule has 1 heterocycles. The summed E-state index contributed by atoms with van der Waals surface area (Å²) in [6.07, 6.45) is 1.41. The lowest BCUT2D eigenvalue weighted by Crippen LogP contribution is -2.17. The quantitative estimate of drug-likeness (QED) is 0.729. The third-order valence-corrected chi connectivity index (χ3v) is 2.53. The van der Waals surface area contributed by atoms with Gasteiger partial charge in [-0.25, -0.2) is 0 Å². The number of ether oxygens (including phenoxy) is 1. The average Bonchev–Trinajstić information content (AvgIpc) is 2.68. The van der Waals surface area contributed by atoms with E-state index in [9.17, 15) is 4.79 Å². The van der Waals surface area contributed by atoms with Crippen molar-refractivity contribution in [3.63, 3.8) is 0 Å². The monoisotopic (exact) mass is 238 g/mol. The standard InChI is InChI=1S/C13H22N2O2/c1-5-11-7-12(15(6-2)14-11)8-13(16)9-17-10(3)4/h7,10H,5-6,8-9H2,1-4H3. The summed E-state index contributed by atoms with van der Waals surface area (Å²) >= 11 is 0. The van der Waals surface area contributed by atoms with E-state index in [1.807, 2.05) is 31.5 Å². The molecule has 4 nitrogen and oxygen atoms in total. The minimum absolute atomic E-state index is 0.0984. The minimum atomic E-state index is 0.0984. The second-order valence-corrected chi connectivity index (χ2v) is 4.37. The van der Waals surface area contributed by atoms with Crippen LogP contribution in [-0.4, -0.2) is 28.3 Å². The highest BCUT2D eigenvalue weighted by Crippen LogP contribution is 2.07. The van der Waals surface area contributed by atoms with Crippen molar-refractivity contribution in [2.24, 2.45) is 0 Å². The predicted molar refractivity (Wildman–Crippen MR) is 67.1 cm³/mol. The Morgan fingerprint density at radius 1 is 1.47 bits per heavy atom. The molecule has 0 fully saturated rings. The molecule has 1 aromatic heterocycles. The van der Waals surface area contributed by atoms with Crippen LogP contribution in [0.2, 0.25) is 0 Å². The molecule has 0 aliphatic rings. The second kappa shape index (κ2) is 6.55. The van der Waals surface area contributed by atoms with Crippen LogP contribution in [0.5, 0.6) is 0 Å². The summed E-state index contributed by atoms with van der Waals surface area (Å²) in [5.74, 6) is 0.107. The molecule has 0 radical (unpaired) electrons. The summed E-state index contributed by atoms with van der Waals surface area (Å²) in [6, 6.07) is 2.01. The Hall–Kier alpha value is -1.16. The van der Waals surface area contributed by atoms with Gasteiger partial charge in [0.2, 0.25) is 0 Å². The van der Waals surface area contributed by atoms with Gasteiger partial charge in [0, 0.05) is 12.2 Å². The number of ketones is 1. The Bertz CT molecular complexity index is 369. The molecule has 0 aliphatic carbocycles. The van der Waals surface area contributed by atoms with Gasteiger partial charge in [0.1, 0.15) is 6.61 Å². The predicted octanol–water partition coefficient (Wildman–Crippen LogP) is 2.00. The van der Waals surface area contributed by atoms with Gasteiger partial charge >= 0.3 is 0 Å². The lowest BCUT2D eigenvalue weighted by molar-refractivity contribution is -0.124. The Balaban J connectivity index is 2.60. The largest absolute Gasteiger partial charge is 0.371 e. The van der Waals surface area contributed by atoms with Crippen LogP contribution < -0.4 is 0 Å². The molecule has 0 N–H and O–H groups in total. The first-order valence-electron chi connectivity index (χ1n) is 6.25. The number of aromatic nitrogens is 2. The number of nitrogens with zero attached hydrogens (tertiary/aromatic N) is 2. The third-order valence-electron chi connectivity index (χ3n) is 2.53. The molecule has 0 bridgehead atoms. The summed E-state index contributed by atoms with van der Waals surface area (Å²) in [5.41, 5.74) is 2.03. The number of hydrogen-bond donors (Lipinski definition) is 0. The van der Waals surface area contributed by atoms with Crippen LogP contribution in [0.1, 0.15) is 39.1 Å². The van der Waals surface area contributed by atoms with Gasteiger partial charge in [0.05, 0.1) is 18.2 Å². The molecule has 0 saturated heterocycles. The van der Waals surface area contributed by atoms with Crippen LogP contribution in [-0.2, 0) is 28.9 Å². The van der Waals surface area contributed by atoms with E-state index in [1.54, 1.807) is 0 Å². The molecule has 0 aliphatic heterocycles. The van der Waals surface area contributed by atoms with E-state index in [1.165, 1.54) is 0 Å². The van der Waals surface area contributed by atoms with Crippen molar-refractivity contribution in [2.45, 2.75) is 53.2 Å². The van der Waals surface area contributed by atoms with Crippen molar-refractivity contribution in [3.05, 3.63) is 17.5 Å². The lowest BCUT2D eigenvalue weighted by Gasteiger charge is -2.07. The van der Waals surface area contributed by atoms with E-state index in [4.69, 9.17) is 4.74 Å². The molecule has 0 saturated carbocycles. The van der Waals surface area contributed by atoms with Crippen molar-refractivity contribution in [1.29, 1.82) is 0 Å². The summed E-state index contributed by atoms with van der Waals surface area (Å²) < 4.78 is 7.20. The maximum Gasteiger partial charge on any atom is 0.164 e. The van der Waals surface area contributed by atoms with E-state index in [2.05, 4.69) is 12.0 Å². The van der Waals surface area contributed by atoms with Crippen LogP contribution >= 0.6 is 0 Å². The summed E-state index contributed by atoms with van der Waals surface area (Å²) in [4.78, 5) is 11.7. The van der Waals surface area contributed by atoms with Gasteiger partial charge in [-0.3, -0.25) is 9.48 Å². The van der Waals surface area contributed by atoms with E-state index in [0.717, 1.165) is 24.4 Å². The van der Waals surface area contributed by atoms with E-state index < -0.39 is 0 Å². The van der Waals surface area contributed by atoms with Crippen molar-refractivity contribution in [2.75, 3.05) is 6.61 Å². The van der Waals surface area contributed by atoms with Crippen LogP contribution in [0.25, 0.3) is 0 Å². The van der Waals surface area contributed by atoms with Crippen LogP contribution in [0.15, 0.2) is 6.07 Å². The Kier molecular flexibility index (Phi) is 5.35. The number of carbonyl (C=O) groups excluding carboxylic acids is 1. The first-order chi connectivity index (χ1) is 8.06. The number of hydrogen-bond acceptors (Lipinski definition) is 3. The Labute approximate surface area is 103 Å². The van der Waals surface area contributed by atoms with Gasteiger partial charge in [-0.1, -0.05) is 6.92 Å². The lowest BCUT2D eigenvalue weighted by atomic mass is 10.2. The van der Waals surface area contributed by atoms with Crippen LogP contribution in [0.4, 0.5) is 0 Å². The zero-order chi connectivity index (χ0) is 12.8. The maximum absolute atomic E-state index is 11.7. The average molecular weight is 238 g/mol. The molecular formula is C13H22N2O2. The number of aryl methyl sites for hydroxylation is 2. The summed E-state index contributed by atoms with van der Waals surface area (Å²) in [5, 5.41) is 4.42. The van der Waals surface area contributed by atoms with Crippen LogP contribution in [0, 0.1) is 0 Å². The van der Waals surface area contributed by atoms with Gasteiger partial charge in [0.15, 0.2) is 5.78 Å². The van der Waals surface area contributed by atoms with E-state index in [-0.39, 0.29) is 18.5 Å². The van der Waals surface area contributed by atoms with Gasteiger partial charge in [-0.05, 0) is 33.3 Å². The molecular weight excluding hydrogens is 216 g/mol. The molecule has 0 unspecified atom stereocenters. The SMILES string of the molecule is CCc1cc(CC(=O)COC(C)C)n(CC)n1. The van der Waals surface area contributed by atoms with Gasteiger partial charge < -0.3 is 4.74 Å². The van der Waals surface area contributed by atoms with Gasteiger partial charge in [-0.15, -0.1) is 0 Å². The molecule has 1 aromatic rings. The van der Waals surface area contributed by atoms with Crippen molar-refractivity contribution in [3.8, 4) is 0 Å². The smallest absolute Gasteiger partial charge is 0.164 e. The molecule has 4 heteroatoms. The fraction of sp³-hybridized carbons (Fsp3) is 0.692. The van der Waals surface area contributed by atoms with Gasteiger partial charge in [0.25, 0.3) is 0 Å². The molecule has 0 atom stereocenters. The molecule has 96 valence electrons. The number of carbonyl (C=O) groups is 1. The normalized spacial score (nSPS) is 11.1. The summed E-state index contributed by atoms with van der Waals surface area (Å²) in [7, 11) is 0. The first kappa shape index (κ1) is 13.9. The number of rotatable bonds is 7. The Morgan fingerprint density at radius 2 is 2.18 bits per heavy atom. The highest BCUT2D eigenvalue weighted by molar-refractivity contribution is 5.81. The fourth-order valence-electron chi connectivity index (χ4n) is 1.62. The van der Waals surface area contributed by atoms with Crippen molar-refractivity contribution in [1.82, 2.24) is 9.78 Å². The zero-order valence-corrected chi connectivity index (χ0v) is 11.2. The second-order valence-electron chi connectivity index (χ2n) is 4.37. The van der Waals surface area contributed by atoms with E-state index >= 15 is 0 Å². The Morgan fingerprint density at radius 3 is 2.71 bits per heavy atom. The minimum Gasteiger partial charge on any atom is -0.371 e. The third kappa shape index (κ3) is 4.30.